The van der Waals surface area contributed by atoms with Gasteiger partial charge in [-0.3, -0.25) is 4.68 Å². The molecular formula is C12H14F2N4. The van der Waals surface area contributed by atoms with Crippen LogP contribution in [0.15, 0.2) is 18.5 Å². The van der Waals surface area contributed by atoms with Crippen molar-refractivity contribution in [3.8, 4) is 0 Å². The van der Waals surface area contributed by atoms with Crippen molar-refractivity contribution in [3.05, 3.63) is 35.8 Å². The van der Waals surface area contributed by atoms with Gasteiger partial charge in [-0.1, -0.05) is 13.8 Å². The molecule has 6 heteroatoms. The van der Waals surface area contributed by atoms with Crippen LogP contribution in [0, 0.1) is 11.6 Å². The van der Waals surface area contributed by atoms with E-state index >= 15 is 0 Å². The van der Waals surface area contributed by atoms with Crippen LogP contribution in [-0.2, 0) is 7.05 Å². The molecule has 0 aliphatic heterocycles. The minimum atomic E-state index is -0.728. The molecule has 0 aromatic carbocycles. The highest BCUT2D eigenvalue weighted by Crippen LogP contribution is 2.25. The molecule has 0 aliphatic rings. The van der Waals surface area contributed by atoms with Crippen LogP contribution in [0.4, 0.5) is 20.3 Å². The Morgan fingerprint density at radius 2 is 2.06 bits per heavy atom. The maximum atomic E-state index is 13.5. The van der Waals surface area contributed by atoms with Gasteiger partial charge in [0.2, 0.25) is 0 Å². The number of hydrogen-bond acceptors (Lipinski definition) is 3. The summed E-state index contributed by atoms with van der Waals surface area (Å²) in [5.41, 5.74) is 1.48. The first-order valence-corrected chi connectivity index (χ1v) is 5.59. The molecule has 4 nitrogen and oxygen atoms in total. The van der Waals surface area contributed by atoms with Crippen LogP contribution in [0.5, 0.6) is 0 Å². The average Bonchev–Trinajstić information content (AvgIpc) is 2.64. The van der Waals surface area contributed by atoms with Gasteiger partial charge in [0, 0.05) is 19.3 Å². The second kappa shape index (κ2) is 4.72. The summed E-state index contributed by atoms with van der Waals surface area (Å²) < 4.78 is 27.9. The van der Waals surface area contributed by atoms with Gasteiger partial charge in [0.25, 0.3) is 0 Å². The third-order valence-electron chi connectivity index (χ3n) is 2.47. The van der Waals surface area contributed by atoms with E-state index in [0.29, 0.717) is 5.69 Å². The number of nitrogens with one attached hydrogen (secondary N) is 1. The SMILES string of the molecule is CC(C)c1nn(C)cc1Nc1ncc(F)cc1F. The Morgan fingerprint density at radius 3 is 2.67 bits per heavy atom. The Morgan fingerprint density at radius 1 is 1.33 bits per heavy atom. The molecule has 2 aromatic rings. The van der Waals surface area contributed by atoms with Crippen molar-refractivity contribution >= 4 is 11.5 Å². The number of anilines is 2. The fourth-order valence-electron chi connectivity index (χ4n) is 1.66. The van der Waals surface area contributed by atoms with Gasteiger partial charge in [-0.05, 0) is 5.92 Å². The minimum absolute atomic E-state index is 0.00806. The summed E-state index contributed by atoms with van der Waals surface area (Å²) in [6.07, 6.45) is 2.70. The number of halogens is 2. The van der Waals surface area contributed by atoms with Crippen LogP contribution < -0.4 is 5.32 Å². The molecule has 0 amide bonds. The smallest absolute Gasteiger partial charge is 0.168 e. The highest BCUT2D eigenvalue weighted by atomic mass is 19.1. The molecule has 0 fully saturated rings. The topological polar surface area (TPSA) is 42.7 Å². The van der Waals surface area contributed by atoms with E-state index in [-0.39, 0.29) is 11.7 Å². The highest BCUT2D eigenvalue weighted by Gasteiger charge is 2.14. The van der Waals surface area contributed by atoms with Gasteiger partial charge in [0.05, 0.1) is 17.6 Å². The monoisotopic (exact) mass is 252 g/mol. The molecule has 2 rings (SSSR count). The fourth-order valence-corrected chi connectivity index (χ4v) is 1.66. The van der Waals surface area contributed by atoms with Crippen molar-refractivity contribution in [2.45, 2.75) is 19.8 Å². The third-order valence-corrected chi connectivity index (χ3v) is 2.47. The van der Waals surface area contributed by atoms with Crippen LogP contribution in [0.25, 0.3) is 0 Å². The van der Waals surface area contributed by atoms with Crippen molar-refractivity contribution in [1.82, 2.24) is 14.8 Å². The fraction of sp³-hybridized carbons (Fsp3) is 0.333. The van der Waals surface area contributed by atoms with E-state index in [9.17, 15) is 8.78 Å². The second-order valence-corrected chi connectivity index (χ2v) is 4.37. The number of nitrogens with zero attached hydrogens (tertiary/aromatic N) is 3. The molecule has 2 heterocycles. The molecule has 0 spiro atoms. The molecule has 2 aromatic heterocycles. The number of hydrogen-bond donors (Lipinski definition) is 1. The summed E-state index contributed by atoms with van der Waals surface area (Å²) in [6, 6.07) is 0.792. The van der Waals surface area contributed by atoms with E-state index in [1.165, 1.54) is 0 Å². The summed E-state index contributed by atoms with van der Waals surface area (Å²) >= 11 is 0. The van der Waals surface area contributed by atoms with E-state index in [1.54, 1.807) is 17.9 Å². The van der Waals surface area contributed by atoms with Gasteiger partial charge in [0.1, 0.15) is 5.82 Å². The first-order valence-electron chi connectivity index (χ1n) is 5.59. The Kier molecular flexibility index (Phi) is 3.27. The molecule has 96 valence electrons. The molecule has 0 unspecified atom stereocenters. The van der Waals surface area contributed by atoms with E-state index in [2.05, 4.69) is 15.4 Å². The average molecular weight is 252 g/mol. The molecule has 0 bridgehead atoms. The number of pyridine rings is 1. The van der Waals surface area contributed by atoms with Crippen LogP contribution in [-0.4, -0.2) is 14.8 Å². The lowest BCUT2D eigenvalue weighted by atomic mass is 10.1. The minimum Gasteiger partial charge on any atom is -0.335 e. The van der Waals surface area contributed by atoms with Crippen molar-refractivity contribution in [2.24, 2.45) is 7.05 Å². The van der Waals surface area contributed by atoms with Crippen molar-refractivity contribution in [2.75, 3.05) is 5.32 Å². The Balaban J connectivity index is 2.33. The normalized spacial score (nSPS) is 11.0. The Hall–Kier alpha value is -1.98. The van der Waals surface area contributed by atoms with Gasteiger partial charge in [0.15, 0.2) is 11.6 Å². The molecule has 1 N–H and O–H groups in total. The molecule has 0 saturated carbocycles. The number of rotatable bonds is 3. The van der Waals surface area contributed by atoms with Gasteiger partial charge < -0.3 is 5.32 Å². The lowest BCUT2D eigenvalue weighted by molar-refractivity contribution is 0.576. The summed E-state index contributed by atoms with van der Waals surface area (Å²) in [6.45, 7) is 3.98. The van der Waals surface area contributed by atoms with Crippen molar-refractivity contribution in [3.63, 3.8) is 0 Å². The van der Waals surface area contributed by atoms with E-state index in [4.69, 9.17) is 0 Å². The number of aryl methyl sites for hydroxylation is 1. The lowest BCUT2D eigenvalue weighted by Gasteiger charge is -2.08. The zero-order valence-electron chi connectivity index (χ0n) is 10.4. The van der Waals surface area contributed by atoms with Crippen LogP contribution in [0.3, 0.4) is 0 Å². The largest absolute Gasteiger partial charge is 0.335 e. The Bertz CT molecular complexity index is 563. The molecular weight excluding hydrogens is 238 g/mol. The van der Waals surface area contributed by atoms with Gasteiger partial charge in [-0.15, -0.1) is 0 Å². The van der Waals surface area contributed by atoms with Crippen LogP contribution in [0.2, 0.25) is 0 Å². The Labute approximate surface area is 104 Å². The van der Waals surface area contributed by atoms with E-state index in [1.807, 2.05) is 13.8 Å². The third kappa shape index (κ3) is 2.47. The first kappa shape index (κ1) is 12.5. The van der Waals surface area contributed by atoms with Gasteiger partial charge in [-0.2, -0.15) is 5.10 Å². The zero-order valence-corrected chi connectivity index (χ0v) is 10.4. The standard InChI is InChI=1S/C12H14F2N4/c1-7(2)11-10(6-18(3)17-11)16-12-9(14)4-8(13)5-15-12/h4-7H,1-3H3,(H,15,16). The number of aromatic nitrogens is 3. The first-order chi connectivity index (χ1) is 8.47. The van der Waals surface area contributed by atoms with Gasteiger partial charge >= 0.3 is 0 Å². The predicted octanol–water partition coefficient (Wildman–Crippen LogP) is 2.96. The summed E-state index contributed by atoms with van der Waals surface area (Å²) in [5.74, 6) is -1.25. The summed E-state index contributed by atoms with van der Waals surface area (Å²) in [7, 11) is 1.78. The van der Waals surface area contributed by atoms with Crippen molar-refractivity contribution in [1.29, 1.82) is 0 Å². The quantitative estimate of drug-likeness (QED) is 0.913. The molecule has 0 saturated heterocycles. The molecule has 0 atom stereocenters. The summed E-state index contributed by atoms with van der Waals surface area (Å²) in [4.78, 5) is 3.68. The maximum Gasteiger partial charge on any atom is 0.168 e. The van der Waals surface area contributed by atoms with E-state index in [0.717, 1.165) is 18.0 Å². The lowest BCUT2D eigenvalue weighted by Crippen LogP contribution is -2.00. The maximum absolute atomic E-state index is 13.5. The van der Waals surface area contributed by atoms with Crippen LogP contribution in [0.1, 0.15) is 25.5 Å². The van der Waals surface area contributed by atoms with Crippen molar-refractivity contribution < 1.29 is 8.78 Å². The molecule has 0 aliphatic carbocycles. The molecule has 0 radical (unpaired) electrons. The van der Waals surface area contributed by atoms with E-state index < -0.39 is 11.6 Å². The molecule has 18 heavy (non-hydrogen) atoms. The zero-order chi connectivity index (χ0) is 13.3. The van der Waals surface area contributed by atoms with Crippen LogP contribution >= 0.6 is 0 Å². The second-order valence-electron chi connectivity index (χ2n) is 4.37. The van der Waals surface area contributed by atoms with Gasteiger partial charge in [-0.25, -0.2) is 13.8 Å². The highest BCUT2D eigenvalue weighted by molar-refractivity contribution is 5.59. The summed E-state index contributed by atoms with van der Waals surface area (Å²) in [5, 5.41) is 7.12. The predicted molar refractivity (Wildman–Crippen MR) is 64.7 cm³/mol.